The highest BCUT2D eigenvalue weighted by atomic mass is 31.2. The molecule has 93 heavy (non-hydrogen) atoms. The number of ether oxygens (including phenoxy) is 4. The number of phosphoric ester groups is 2. The normalized spacial score (nSPS) is 14.9. The molecule has 0 aliphatic rings. The zero-order chi connectivity index (χ0) is 68.7. The van der Waals surface area contributed by atoms with Gasteiger partial charge in [0.05, 0.1) is 26.4 Å². The van der Waals surface area contributed by atoms with Crippen LogP contribution in [0.15, 0.2) is 24.3 Å². The number of hydrogen-bond donors (Lipinski definition) is 3. The molecule has 19 heteroatoms. The van der Waals surface area contributed by atoms with Gasteiger partial charge in [0.25, 0.3) is 0 Å². The highest BCUT2D eigenvalue weighted by Gasteiger charge is 2.30. The van der Waals surface area contributed by atoms with Crippen molar-refractivity contribution in [3.63, 3.8) is 0 Å². The van der Waals surface area contributed by atoms with Gasteiger partial charge in [0.15, 0.2) is 12.2 Å². The summed E-state index contributed by atoms with van der Waals surface area (Å²) in [4.78, 5) is 72.6. The highest BCUT2D eigenvalue weighted by molar-refractivity contribution is 7.47. The minimum absolute atomic E-state index is 0.0847. The first-order valence-electron chi connectivity index (χ1n) is 37.7. The van der Waals surface area contributed by atoms with Crippen molar-refractivity contribution in [2.75, 3.05) is 39.6 Å². The lowest BCUT2D eigenvalue weighted by Crippen LogP contribution is -2.30. The summed E-state index contributed by atoms with van der Waals surface area (Å²) in [6.45, 7) is 11.7. The fourth-order valence-electron chi connectivity index (χ4n) is 10.6. The van der Waals surface area contributed by atoms with Crippen molar-refractivity contribution in [2.45, 2.75) is 369 Å². The molecular formula is C74H140O17P2. The number of rotatable bonds is 70. The van der Waals surface area contributed by atoms with E-state index < -0.39 is 97.5 Å². The molecule has 3 N–H and O–H groups in total. The summed E-state index contributed by atoms with van der Waals surface area (Å²) in [5.74, 6) is 0.0960. The van der Waals surface area contributed by atoms with Crippen LogP contribution in [0.25, 0.3) is 0 Å². The SMILES string of the molecule is CCCCCC/C=C\C=C/CCCCCCCC(=O)O[C@H](COC(=O)CCCCCCCCCCCCCCCCCC(C)C)COP(=O)(O)OC[C@@H](O)COP(=O)(O)OC[C@@H](COC(=O)CCCCCCCCC(C)CC)OC(=O)CCCCCCCCC(C)CC. The van der Waals surface area contributed by atoms with E-state index in [1.54, 1.807) is 0 Å². The molecule has 0 amide bonds. The van der Waals surface area contributed by atoms with E-state index in [1.807, 2.05) is 0 Å². The number of esters is 4. The molecule has 0 bridgehead atoms. The largest absolute Gasteiger partial charge is 0.472 e. The van der Waals surface area contributed by atoms with Gasteiger partial charge in [0, 0.05) is 25.7 Å². The summed E-state index contributed by atoms with van der Waals surface area (Å²) in [5.41, 5.74) is 0. The van der Waals surface area contributed by atoms with E-state index in [2.05, 4.69) is 72.8 Å². The molecule has 0 radical (unpaired) electrons. The molecule has 0 aromatic heterocycles. The number of phosphoric acid groups is 2. The second-order valence-electron chi connectivity index (χ2n) is 27.0. The molecule has 7 atom stereocenters. The molecule has 0 heterocycles. The van der Waals surface area contributed by atoms with Crippen LogP contribution in [0.1, 0.15) is 350 Å². The van der Waals surface area contributed by atoms with Crippen molar-refractivity contribution in [3.05, 3.63) is 24.3 Å². The molecule has 0 saturated heterocycles. The minimum Gasteiger partial charge on any atom is -0.462 e. The van der Waals surface area contributed by atoms with Gasteiger partial charge in [-0.15, -0.1) is 0 Å². The number of allylic oxidation sites excluding steroid dienone is 4. The van der Waals surface area contributed by atoms with Crippen molar-refractivity contribution >= 4 is 39.5 Å². The molecular weight excluding hydrogens is 1220 g/mol. The highest BCUT2D eigenvalue weighted by Crippen LogP contribution is 2.45. The number of carbonyl (C=O) groups is 4. The van der Waals surface area contributed by atoms with Crippen LogP contribution >= 0.6 is 15.6 Å². The van der Waals surface area contributed by atoms with Gasteiger partial charge < -0.3 is 33.8 Å². The van der Waals surface area contributed by atoms with Crippen LogP contribution in [0.5, 0.6) is 0 Å². The van der Waals surface area contributed by atoms with Crippen molar-refractivity contribution < 1.29 is 80.2 Å². The Hall–Kier alpha value is -2.46. The van der Waals surface area contributed by atoms with E-state index in [0.29, 0.717) is 25.7 Å². The molecule has 0 saturated carbocycles. The third-order valence-electron chi connectivity index (χ3n) is 17.2. The summed E-state index contributed by atoms with van der Waals surface area (Å²) in [6.07, 6.45) is 52.3. The third kappa shape index (κ3) is 65.3. The van der Waals surface area contributed by atoms with E-state index >= 15 is 0 Å². The Bertz CT molecular complexity index is 1920. The Morgan fingerprint density at radius 1 is 0.355 bits per heavy atom. The van der Waals surface area contributed by atoms with Crippen LogP contribution in [0.4, 0.5) is 0 Å². The second-order valence-corrected chi connectivity index (χ2v) is 29.9. The van der Waals surface area contributed by atoms with Gasteiger partial charge in [-0.3, -0.25) is 37.3 Å². The molecule has 0 aliphatic heterocycles. The van der Waals surface area contributed by atoms with E-state index in [-0.39, 0.29) is 25.7 Å². The van der Waals surface area contributed by atoms with Crippen LogP contribution in [0, 0.1) is 17.8 Å². The van der Waals surface area contributed by atoms with E-state index in [4.69, 9.17) is 37.0 Å². The molecule has 548 valence electrons. The summed E-state index contributed by atoms with van der Waals surface area (Å²) < 4.78 is 68.3. The number of unbranched alkanes of at least 4 members (excludes halogenated alkanes) is 33. The predicted octanol–water partition coefficient (Wildman–Crippen LogP) is 21.0. The van der Waals surface area contributed by atoms with Crippen LogP contribution in [0.2, 0.25) is 0 Å². The predicted molar refractivity (Wildman–Crippen MR) is 377 cm³/mol. The van der Waals surface area contributed by atoms with Gasteiger partial charge in [0.1, 0.15) is 19.3 Å². The molecule has 0 rings (SSSR count). The van der Waals surface area contributed by atoms with E-state index in [1.165, 1.54) is 141 Å². The van der Waals surface area contributed by atoms with Gasteiger partial charge in [0.2, 0.25) is 0 Å². The molecule has 0 fully saturated rings. The van der Waals surface area contributed by atoms with E-state index in [0.717, 1.165) is 127 Å². The molecule has 0 spiro atoms. The Morgan fingerprint density at radius 3 is 0.957 bits per heavy atom. The Balaban J connectivity index is 5.26. The monoisotopic (exact) mass is 1360 g/mol. The van der Waals surface area contributed by atoms with Crippen molar-refractivity contribution in [1.29, 1.82) is 0 Å². The molecule has 0 aromatic carbocycles. The maximum Gasteiger partial charge on any atom is 0.472 e. The summed E-state index contributed by atoms with van der Waals surface area (Å²) in [6, 6.07) is 0. The fraction of sp³-hybridized carbons (Fsp3) is 0.892. The molecule has 0 aromatic rings. The number of aliphatic hydroxyl groups excluding tert-OH is 1. The summed E-state index contributed by atoms with van der Waals surface area (Å²) in [7, 11) is -9.92. The Morgan fingerprint density at radius 2 is 0.634 bits per heavy atom. The maximum absolute atomic E-state index is 13.1. The van der Waals surface area contributed by atoms with Gasteiger partial charge in [-0.2, -0.15) is 0 Å². The van der Waals surface area contributed by atoms with Gasteiger partial charge in [-0.05, 0) is 69.1 Å². The van der Waals surface area contributed by atoms with Gasteiger partial charge in [-0.1, -0.05) is 297 Å². The first kappa shape index (κ1) is 90.5. The number of aliphatic hydroxyl groups is 1. The standard InChI is InChI=1S/C74H140O17P2/c1-8-11-12-13-14-15-16-17-19-24-27-30-33-43-50-57-73(78)90-69(61-84-71(76)55-48-41-32-29-26-23-21-18-20-22-25-28-31-38-45-52-65(4)5)63-88-92(80,81)86-59-68(75)60-87-93(82,83)89-64-70(91-74(79)58-51-44-37-35-40-47-54-67(7)10-3)62-85-72(77)56-49-42-36-34-39-46-53-66(6)9-2/h15-17,19,65-70,75H,8-14,18,20-64H2,1-7H3,(H,80,81)(H,82,83)/b16-15-,19-17-/t66?,67?,68-,69-,70-/m1/s1. The Labute approximate surface area is 567 Å². The average Bonchev–Trinajstić information content (AvgIpc) is 1.87. The quantitative estimate of drug-likeness (QED) is 0.0169. The smallest absolute Gasteiger partial charge is 0.462 e. The zero-order valence-electron chi connectivity index (χ0n) is 60.2. The molecule has 17 nitrogen and oxygen atoms in total. The fourth-order valence-corrected chi connectivity index (χ4v) is 12.2. The average molecular weight is 1360 g/mol. The number of carbonyl (C=O) groups excluding carboxylic acids is 4. The first-order valence-corrected chi connectivity index (χ1v) is 40.7. The van der Waals surface area contributed by atoms with Crippen molar-refractivity contribution in [1.82, 2.24) is 0 Å². The second kappa shape index (κ2) is 64.2. The minimum atomic E-state index is -4.96. The third-order valence-corrected chi connectivity index (χ3v) is 19.1. The van der Waals surface area contributed by atoms with Gasteiger partial charge in [-0.25, -0.2) is 9.13 Å². The summed E-state index contributed by atoms with van der Waals surface area (Å²) in [5, 5.41) is 10.6. The maximum atomic E-state index is 13.1. The zero-order valence-corrected chi connectivity index (χ0v) is 62.0. The summed E-state index contributed by atoms with van der Waals surface area (Å²) >= 11 is 0. The van der Waals surface area contributed by atoms with Crippen LogP contribution < -0.4 is 0 Å². The van der Waals surface area contributed by atoms with Crippen LogP contribution in [0.3, 0.4) is 0 Å². The van der Waals surface area contributed by atoms with Crippen LogP contribution in [-0.2, 0) is 65.4 Å². The number of hydrogen-bond acceptors (Lipinski definition) is 15. The molecule has 4 unspecified atom stereocenters. The van der Waals surface area contributed by atoms with Crippen LogP contribution in [-0.4, -0.2) is 96.7 Å². The van der Waals surface area contributed by atoms with Crippen molar-refractivity contribution in [2.24, 2.45) is 17.8 Å². The van der Waals surface area contributed by atoms with Gasteiger partial charge >= 0.3 is 39.5 Å². The lowest BCUT2D eigenvalue weighted by Gasteiger charge is -2.21. The lowest BCUT2D eigenvalue weighted by atomic mass is 10.00. The topological polar surface area (TPSA) is 237 Å². The Kier molecular flexibility index (Phi) is 62.5. The molecule has 0 aliphatic carbocycles. The lowest BCUT2D eigenvalue weighted by molar-refractivity contribution is -0.161. The van der Waals surface area contributed by atoms with E-state index in [9.17, 15) is 43.2 Å². The van der Waals surface area contributed by atoms with Crippen molar-refractivity contribution in [3.8, 4) is 0 Å². The first-order chi connectivity index (χ1) is 44.8.